The Kier molecular flexibility index (Phi) is 15.8. The average Bonchev–Trinajstić information content (AvgIpc) is 3.31. The number of aliphatic hydroxyl groups excluding tert-OH is 1. The molecule has 16 heteroatoms. The summed E-state index contributed by atoms with van der Waals surface area (Å²) in [6.45, 7) is 5.61. The topological polar surface area (TPSA) is 198 Å². The molecule has 0 aliphatic carbocycles. The van der Waals surface area contributed by atoms with Crippen molar-refractivity contribution in [2.24, 2.45) is 10.9 Å². The van der Waals surface area contributed by atoms with Gasteiger partial charge in [0.25, 0.3) is 5.69 Å². The second-order valence-corrected chi connectivity index (χ2v) is 18.8. The van der Waals surface area contributed by atoms with Crippen LogP contribution < -0.4 is 9.47 Å². The zero-order valence-corrected chi connectivity index (χ0v) is 39.1. The summed E-state index contributed by atoms with van der Waals surface area (Å²) in [5.74, 6) is -4.19. The number of ether oxygens (including phenoxy) is 3. The molecular weight excluding hydrogens is 877 g/mol. The molecule has 0 amide bonds. The van der Waals surface area contributed by atoms with Crippen molar-refractivity contribution in [2.45, 2.75) is 50.8 Å². The average molecular weight is 933 g/mol. The van der Waals surface area contributed by atoms with E-state index in [1.807, 2.05) is 105 Å². The van der Waals surface area contributed by atoms with Gasteiger partial charge >= 0.3 is 11.9 Å². The zero-order valence-electron chi connectivity index (χ0n) is 38.3. The number of carbonyl (C=O) groups is 2. The minimum absolute atomic E-state index is 0.0517. The van der Waals surface area contributed by atoms with Crippen LogP contribution in [0.15, 0.2) is 156 Å². The van der Waals surface area contributed by atoms with Gasteiger partial charge in [-0.2, -0.15) is 4.31 Å². The van der Waals surface area contributed by atoms with Gasteiger partial charge in [0, 0.05) is 42.4 Å². The van der Waals surface area contributed by atoms with Gasteiger partial charge in [-0.3, -0.25) is 24.8 Å². The van der Waals surface area contributed by atoms with Gasteiger partial charge in [0.15, 0.2) is 11.5 Å². The maximum atomic E-state index is 14.3. The van der Waals surface area contributed by atoms with E-state index >= 15 is 0 Å². The number of rotatable bonds is 21. The molecule has 3 unspecified atom stereocenters. The molecule has 1 aliphatic heterocycles. The van der Waals surface area contributed by atoms with Gasteiger partial charge in [-0.15, -0.1) is 0 Å². The normalized spacial score (nSPS) is 16.0. The number of benzene rings is 5. The number of carboxylic acid groups (broad SMARTS) is 1. The number of non-ortho nitro benzene ring substituents is 1. The van der Waals surface area contributed by atoms with Crippen LogP contribution in [-0.2, 0) is 29.9 Å². The van der Waals surface area contributed by atoms with E-state index in [4.69, 9.17) is 14.2 Å². The number of sulfonamides is 1. The van der Waals surface area contributed by atoms with E-state index in [1.165, 1.54) is 42.6 Å². The smallest absolute Gasteiger partial charge is 0.336 e. The van der Waals surface area contributed by atoms with Crippen LogP contribution in [0.3, 0.4) is 0 Å². The minimum Gasteiger partial charge on any atom is -0.493 e. The van der Waals surface area contributed by atoms with E-state index in [9.17, 15) is 38.3 Å². The number of esters is 1. The second-order valence-electron chi connectivity index (χ2n) is 16.9. The molecule has 0 saturated heterocycles. The van der Waals surface area contributed by atoms with Gasteiger partial charge in [-0.1, -0.05) is 115 Å². The van der Waals surface area contributed by atoms with Crippen molar-refractivity contribution in [2.75, 3.05) is 46.2 Å². The van der Waals surface area contributed by atoms with Crippen molar-refractivity contribution in [3.63, 3.8) is 0 Å². The highest BCUT2D eigenvalue weighted by Gasteiger charge is 2.50. The molecule has 2 N–H and O–H groups in total. The lowest BCUT2D eigenvalue weighted by Gasteiger charge is -2.54. The third kappa shape index (κ3) is 10.9. The van der Waals surface area contributed by atoms with Crippen LogP contribution in [-0.4, -0.2) is 108 Å². The van der Waals surface area contributed by atoms with Crippen LogP contribution >= 0.6 is 0 Å². The van der Waals surface area contributed by atoms with Gasteiger partial charge < -0.3 is 24.4 Å². The van der Waals surface area contributed by atoms with Gasteiger partial charge in [0.1, 0.15) is 18.6 Å². The van der Waals surface area contributed by atoms with E-state index in [2.05, 4.69) is 9.89 Å². The lowest BCUT2D eigenvalue weighted by Crippen LogP contribution is -2.63. The Bertz CT molecular complexity index is 2620. The summed E-state index contributed by atoms with van der Waals surface area (Å²) in [5, 5.41) is 34.7. The Morgan fingerprint density at radius 2 is 1.39 bits per heavy atom. The van der Waals surface area contributed by atoms with E-state index < -0.39 is 62.4 Å². The van der Waals surface area contributed by atoms with Gasteiger partial charge in [-0.25, -0.2) is 13.2 Å². The zero-order chi connectivity index (χ0) is 48.5. The Morgan fingerprint density at radius 1 is 0.851 bits per heavy atom. The van der Waals surface area contributed by atoms with Crippen LogP contribution in [0.5, 0.6) is 11.5 Å². The first-order chi connectivity index (χ1) is 31.9. The summed E-state index contributed by atoms with van der Waals surface area (Å²) in [5.41, 5.74) is -0.484. The lowest BCUT2D eigenvalue weighted by molar-refractivity contribution is -0.384. The highest BCUT2D eigenvalue weighted by Crippen LogP contribution is 2.47. The number of nitrogens with zero attached hydrogens (tertiary/aromatic N) is 4. The second kappa shape index (κ2) is 21.3. The number of para-hydroxylation sites is 2. The first-order valence-electron chi connectivity index (χ1n) is 21.7. The lowest BCUT2D eigenvalue weighted by atomic mass is 9.73. The Hall–Kier alpha value is -6.72. The molecular formula is C51H56N4O11S. The van der Waals surface area contributed by atoms with Crippen LogP contribution in [0.25, 0.3) is 0 Å². The summed E-state index contributed by atoms with van der Waals surface area (Å²) < 4.78 is 47.0. The predicted molar refractivity (Wildman–Crippen MR) is 255 cm³/mol. The van der Waals surface area contributed by atoms with E-state index in [-0.39, 0.29) is 54.5 Å². The summed E-state index contributed by atoms with van der Waals surface area (Å²) in [6.07, 6.45) is -0.150. The van der Waals surface area contributed by atoms with Crippen molar-refractivity contribution in [1.29, 1.82) is 0 Å². The monoisotopic (exact) mass is 932 g/mol. The number of carbonyl (C=O) groups excluding carboxylic acids is 1. The number of carboxylic acids is 1. The molecule has 0 spiro atoms. The van der Waals surface area contributed by atoms with Crippen molar-refractivity contribution >= 4 is 33.4 Å². The number of β-amino-alcohol motifs (C(OH)–C–C–N with tert-alkyl or cyclic N) is 1. The largest absolute Gasteiger partial charge is 0.493 e. The highest BCUT2D eigenvalue weighted by atomic mass is 32.2. The SMILES string of the molecule is CCOC(=O)C1=C(CN(CC(C)(C)N(CC(O)COc2ccccc2OC)C(c2ccccc2)(c2ccccc2)c2ccccc2)S(C)(=O)=O)N=C(C)C(C(=O)O)C1c1cccc([N+](=O)[O-])c1. The maximum absolute atomic E-state index is 14.3. The molecule has 3 atom stereocenters. The van der Waals surface area contributed by atoms with Crippen molar-refractivity contribution in [3.8, 4) is 11.5 Å². The van der Waals surface area contributed by atoms with Gasteiger partial charge in [0.2, 0.25) is 10.0 Å². The molecule has 1 heterocycles. The molecule has 1 aliphatic rings. The first-order valence-corrected chi connectivity index (χ1v) is 23.5. The number of hydrogen-bond acceptors (Lipinski definition) is 12. The maximum Gasteiger partial charge on any atom is 0.336 e. The summed E-state index contributed by atoms with van der Waals surface area (Å²) in [6, 6.07) is 41.5. The quantitative estimate of drug-likeness (QED) is 0.0319. The number of aliphatic imine (C=N–C) groups is 1. The number of nitro groups is 1. The van der Waals surface area contributed by atoms with E-state index in [0.717, 1.165) is 22.9 Å². The summed E-state index contributed by atoms with van der Waals surface area (Å²) in [4.78, 5) is 45.1. The predicted octanol–water partition coefficient (Wildman–Crippen LogP) is 7.45. The van der Waals surface area contributed by atoms with Gasteiger partial charge in [-0.05, 0) is 62.1 Å². The number of methoxy groups -OCH3 is 1. The number of aliphatic hydroxyl groups is 1. The fraction of sp³-hybridized carbons (Fsp3) is 0.314. The number of aliphatic carboxylic acids is 1. The van der Waals surface area contributed by atoms with Crippen molar-refractivity contribution in [1.82, 2.24) is 9.21 Å². The minimum atomic E-state index is -4.22. The number of nitro benzene ring substituents is 1. The molecule has 15 nitrogen and oxygen atoms in total. The van der Waals surface area contributed by atoms with Crippen molar-refractivity contribution in [3.05, 3.63) is 183 Å². The third-order valence-corrected chi connectivity index (χ3v) is 13.1. The number of hydrogen-bond donors (Lipinski definition) is 2. The first kappa shape index (κ1) is 49.7. The molecule has 0 saturated carbocycles. The van der Waals surface area contributed by atoms with Crippen LogP contribution in [0, 0.1) is 16.0 Å². The molecule has 67 heavy (non-hydrogen) atoms. The molecule has 0 fully saturated rings. The summed E-state index contributed by atoms with van der Waals surface area (Å²) >= 11 is 0. The standard InChI is InChI=1S/C51H56N4O11S/c1-7-65-49(59)47-42(52-35(2)45(48(57)58)46(47)36-20-19-27-40(30-36)55(60)61)32-53(67(6,62)63)34-50(3,4)54(31-41(56)33-66-44-29-18-17-28-43(44)64-5)51(37-21-11-8-12-22-37,38-23-13-9-14-24-38)39-25-15-10-16-26-39/h8-30,41,45-46,56H,7,31-34H2,1-6H3,(H,57,58). The fourth-order valence-corrected chi connectivity index (χ4v) is 9.93. The van der Waals surface area contributed by atoms with E-state index in [0.29, 0.717) is 11.5 Å². The highest BCUT2D eigenvalue weighted by molar-refractivity contribution is 7.88. The molecule has 5 aromatic rings. The molecule has 352 valence electrons. The van der Waals surface area contributed by atoms with Gasteiger partial charge in [0.05, 0.1) is 48.2 Å². The molecule has 5 aromatic carbocycles. The third-order valence-electron chi connectivity index (χ3n) is 11.9. The van der Waals surface area contributed by atoms with Crippen molar-refractivity contribution < 1.29 is 47.4 Å². The molecule has 0 aromatic heterocycles. The molecule has 6 rings (SSSR count). The molecule has 0 radical (unpaired) electrons. The Morgan fingerprint density at radius 3 is 1.88 bits per heavy atom. The molecule has 0 bridgehead atoms. The Labute approximate surface area is 391 Å². The van der Waals surface area contributed by atoms with Crippen LogP contribution in [0.4, 0.5) is 5.69 Å². The van der Waals surface area contributed by atoms with Crippen LogP contribution in [0.2, 0.25) is 0 Å². The van der Waals surface area contributed by atoms with E-state index in [1.54, 1.807) is 31.2 Å². The van der Waals surface area contributed by atoms with Crippen LogP contribution in [0.1, 0.15) is 55.9 Å². The Balaban J connectivity index is 1.56. The summed E-state index contributed by atoms with van der Waals surface area (Å²) in [7, 11) is -2.70. The fourth-order valence-electron chi connectivity index (χ4n) is 9.02.